The van der Waals surface area contributed by atoms with Crippen LogP contribution in [0.15, 0.2) is 59.9 Å². The summed E-state index contributed by atoms with van der Waals surface area (Å²) in [5, 5.41) is 23.8. The summed E-state index contributed by atoms with van der Waals surface area (Å²) < 4.78 is 0. The maximum absolute atomic E-state index is 10.6. The Hall–Kier alpha value is -3.19. The molecule has 3 rings (SSSR count). The summed E-state index contributed by atoms with van der Waals surface area (Å²) in [6.07, 6.45) is 0.877. The van der Waals surface area contributed by atoms with Crippen molar-refractivity contribution in [3.63, 3.8) is 0 Å². The highest BCUT2D eigenvalue weighted by Crippen LogP contribution is 2.23. The van der Waals surface area contributed by atoms with E-state index in [0.717, 1.165) is 29.1 Å². The van der Waals surface area contributed by atoms with E-state index in [9.17, 15) is 5.11 Å². The summed E-state index contributed by atoms with van der Waals surface area (Å²) in [5.41, 5.74) is 4.26. The molecule has 164 valence electrons. The molecule has 4 N–H and O–H groups in total. The van der Waals surface area contributed by atoms with Gasteiger partial charge in [0.05, 0.1) is 12.6 Å². The molecule has 7 nitrogen and oxygen atoms in total. The van der Waals surface area contributed by atoms with Crippen LogP contribution in [0.5, 0.6) is 0 Å². The van der Waals surface area contributed by atoms with Crippen LogP contribution in [0.4, 0.5) is 0 Å². The van der Waals surface area contributed by atoms with E-state index in [1.165, 1.54) is 11.9 Å². The highest BCUT2D eigenvalue weighted by Gasteiger charge is 2.15. The quantitative estimate of drug-likeness (QED) is 0.346. The number of aromatic amines is 1. The van der Waals surface area contributed by atoms with Gasteiger partial charge in [0, 0.05) is 18.7 Å². The molecule has 2 aromatic carbocycles. The van der Waals surface area contributed by atoms with Crippen molar-refractivity contribution in [2.45, 2.75) is 45.8 Å². The Bertz CT molecular complexity index is 974. The molecule has 0 saturated carbocycles. The second-order valence-electron chi connectivity index (χ2n) is 8.50. The first-order valence-electron chi connectivity index (χ1n) is 10.6. The Morgan fingerprint density at radius 3 is 2.55 bits per heavy atom. The molecule has 0 aliphatic carbocycles. The molecule has 0 radical (unpaired) electrons. The average molecular weight is 421 g/mol. The van der Waals surface area contributed by atoms with Gasteiger partial charge in [0.25, 0.3) is 0 Å². The third kappa shape index (κ3) is 6.39. The van der Waals surface area contributed by atoms with Crippen molar-refractivity contribution < 1.29 is 5.11 Å². The monoisotopic (exact) mass is 420 g/mol. The molecule has 1 heterocycles. The molecule has 7 heteroatoms. The Kier molecular flexibility index (Phi) is 7.41. The summed E-state index contributed by atoms with van der Waals surface area (Å²) >= 11 is 0. The van der Waals surface area contributed by atoms with Gasteiger partial charge in [-0.3, -0.25) is 5.10 Å². The molecular weight excluding hydrogens is 388 g/mol. The predicted octanol–water partition coefficient (Wildman–Crippen LogP) is 3.56. The fourth-order valence-electron chi connectivity index (χ4n) is 3.19. The van der Waals surface area contributed by atoms with E-state index in [1.54, 1.807) is 0 Å². The zero-order valence-corrected chi connectivity index (χ0v) is 18.7. The van der Waals surface area contributed by atoms with Crippen molar-refractivity contribution in [2.75, 3.05) is 13.1 Å². The first-order valence-corrected chi connectivity index (χ1v) is 10.6. The number of benzene rings is 2. The number of nitrogens with one attached hydrogen (secondary N) is 3. The predicted molar refractivity (Wildman–Crippen MR) is 125 cm³/mol. The first kappa shape index (κ1) is 22.5. The minimum atomic E-state index is -0.618. The third-order valence-electron chi connectivity index (χ3n) is 5.00. The van der Waals surface area contributed by atoms with Gasteiger partial charge >= 0.3 is 0 Å². The fraction of sp³-hybridized carbons (Fsp3) is 0.375. The van der Waals surface area contributed by atoms with Crippen molar-refractivity contribution in [1.29, 1.82) is 0 Å². The van der Waals surface area contributed by atoms with Gasteiger partial charge < -0.3 is 15.7 Å². The lowest BCUT2D eigenvalue weighted by Gasteiger charge is -2.20. The molecule has 0 aliphatic rings. The van der Waals surface area contributed by atoms with Crippen LogP contribution in [0.2, 0.25) is 0 Å². The van der Waals surface area contributed by atoms with Crippen LogP contribution >= 0.6 is 0 Å². The van der Waals surface area contributed by atoms with Crippen LogP contribution in [-0.4, -0.2) is 39.3 Å². The van der Waals surface area contributed by atoms with E-state index >= 15 is 0 Å². The van der Waals surface area contributed by atoms with Crippen molar-refractivity contribution >= 4 is 5.96 Å². The van der Waals surface area contributed by atoms with Gasteiger partial charge in [-0.2, -0.15) is 5.10 Å². The number of H-pyrrole nitrogens is 1. The molecule has 0 fully saturated rings. The number of hydrogen-bond acceptors (Lipinski definition) is 4. The van der Waals surface area contributed by atoms with Gasteiger partial charge in [-0.1, -0.05) is 63.2 Å². The van der Waals surface area contributed by atoms with Gasteiger partial charge in [-0.25, -0.2) is 9.98 Å². The Labute approximate surface area is 184 Å². The van der Waals surface area contributed by atoms with Crippen LogP contribution < -0.4 is 10.6 Å². The third-order valence-corrected chi connectivity index (χ3v) is 5.00. The maximum atomic E-state index is 10.6. The van der Waals surface area contributed by atoms with Crippen molar-refractivity contribution in [2.24, 2.45) is 4.99 Å². The average Bonchev–Trinajstić information content (AvgIpc) is 3.30. The molecule has 31 heavy (non-hydrogen) atoms. The molecule has 3 aromatic rings. The zero-order chi connectivity index (χ0) is 22.3. The molecule has 1 aromatic heterocycles. The SMILES string of the molecule is CCNC(=NCc1cccc(-c2ncn[nH]2)c1)NCC(O)c1ccc(C(C)(C)C)cc1. The topological polar surface area (TPSA) is 98.2 Å². The van der Waals surface area contributed by atoms with Crippen LogP contribution in [0, 0.1) is 0 Å². The van der Waals surface area contributed by atoms with Gasteiger partial charge in [-0.15, -0.1) is 0 Å². The van der Waals surface area contributed by atoms with Crippen LogP contribution in [0.25, 0.3) is 11.4 Å². The molecular formula is C24H32N6O. The molecule has 0 bridgehead atoms. The molecule has 0 spiro atoms. The number of guanidine groups is 1. The lowest BCUT2D eigenvalue weighted by atomic mass is 9.86. The number of aliphatic imine (C=N–C) groups is 1. The number of aromatic nitrogens is 3. The Balaban J connectivity index is 1.61. The van der Waals surface area contributed by atoms with Crippen molar-refractivity contribution in [3.05, 3.63) is 71.5 Å². The highest BCUT2D eigenvalue weighted by molar-refractivity contribution is 5.79. The van der Waals surface area contributed by atoms with Gasteiger partial charge in [0.1, 0.15) is 6.33 Å². The second-order valence-corrected chi connectivity index (χ2v) is 8.50. The summed E-state index contributed by atoms with van der Waals surface area (Å²) in [7, 11) is 0. The normalized spacial score (nSPS) is 13.1. The van der Waals surface area contributed by atoms with E-state index in [1.807, 2.05) is 43.3 Å². The van der Waals surface area contributed by atoms with Crippen LogP contribution in [0.1, 0.15) is 50.5 Å². The van der Waals surface area contributed by atoms with Crippen molar-refractivity contribution in [3.8, 4) is 11.4 Å². The first-order chi connectivity index (χ1) is 14.9. The molecule has 1 atom stereocenters. The number of rotatable bonds is 7. The highest BCUT2D eigenvalue weighted by atomic mass is 16.3. The minimum Gasteiger partial charge on any atom is -0.387 e. The van der Waals surface area contributed by atoms with Gasteiger partial charge in [0.2, 0.25) is 0 Å². The summed E-state index contributed by atoms with van der Waals surface area (Å²) in [6, 6.07) is 16.2. The zero-order valence-electron chi connectivity index (χ0n) is 18.7. The molecule has 0 saturated heterocycles. The number of hydrogen-bond donors (Lipinski definition) is 4. The van der Waals surface area contributed by atoms with E-state index in [0.29, 0.717) is 19.0 Å². The lowest BCUT2D eigenvalue weighted by Crippen LogP contribution is -2.39. The minimum absolute atomic E-state index is 0.0946. The molecule has 0 amide bonds. The van der Waals surface area contributed by atoms with Gasteiger partial charge in [0.15, 0.2) is 11.8 Å². The van der Waals surface area contributed by atoms with E-state index in [-0.39, 0.29) is 5.41 Å². The maximum Gasteiger partial charge on any atom is 0.191 e. The summed E-state index contributed by atoms with van der Waals surface area (Å²) in [4.78, 5) is 8.85. The largest absolute Gasteiger partial charge is 0.387 e. The Morgan fingerprint density at radius 1 is 1.13 bits per heavy atom. The Morgan fingerprint density at radius 2 is 1.90 bits per heavy atom. The fourth-order valence-corrected chi connectivity index (χ4v) is 3.19. The van der Waals surface area contributed by atoms with Crippen LogP contribution in [0.3, 0.4) is 0 Å². The molecule has 0 aliphatic heterocycles. The van der Waals surface area contributed by atoms with Gasteiger partial charge in [-0.05, 0) is 35.1 Å². The second kappa shape index (κ2) is 10.2. The van der Waals surface area contributed by atoms with Crippen molar-refractivity contribution in [1.82, 2.24) is 25.8 Å². The smallest absolute Gasteiger partial charge is 0.191 e. The van der Waals surface area contributed by atoms with Crippen LogP contribution in [-0.2, 0) is 12.0 Å². The standard InChI is InChI=1S/C24H32N6O/c1-5-25-23(26-14-17-7-6-8-19(13-17)22-28-16-29-30-22)27-15-21(31)18-9-11-20(12-10-18)24(2,3)4/h6-13,16,21,31H,5,14-15H2,1-4H3,(H2,25,26,27)(H,28,29,30). The van der Waals surface area contributed by atoms with E-state index < -0.39 is 6.10 Å². The summed E-state index contributed by atoms with van der Waals surface area (Å²) in [6.45, 7) is 10.2. The summed E-state index contributed by atoms with van der Waals surface area (Å²) in [5.74, 6) is 1.40. The lowest BCUT2D eigenvalue weighted by molar-refractivity contribution is 0.181. The number of aliphatic hydroxyl groups excluding tert-OH is 1. The molecule has 1 unspecified atom stereocenters. The number of aliphatic hydroxyl groups is 1. The van der Waals surface area contributed by atoms with E-state index in [2.05, 4.69) is 63.7 Å². The van der Waals surface area contributed by atoms with E-state index in [4.69, 9.17) is 0 Å². The number of nitrogens with zero attached hydrogens (tertiary/aromatic N) is 3.